The summed E-state index contributed by atoms with van der Waals surface area (Å²) in [6.07, 6.45) is 0. The molecule has 0 fully saturated rings. The molecule has 0 saturated carbocycles. The van der Waals surface area contributed by atoms with Crippen LogP contribution in [0.15, 0.2) is 18.2 Å². The molecule has 2 heterocycles. The SMILES string of the molecule is COCCNc1nc2cccc(C)n2n1. The molecule has 0 unspecified atom stereocenters. The van der Waals surface area contributed by atoms with Crippen LogP contribution in [0.3, 0.4) is 0 Å². The first kappa shape index (κ1) is 9.92. The highest BCUT2D eigenvalue weighted by atomic mass is 16.5. The van der Waals surface area contributed by atoms with Gasteiger partial charge in [-0.25, -0.2) is 4.52 Å². The van der Waals surface area contributed by atoms with E-state index in [1.54, 1.807) is 7.11 Å². The Hall–Kier alpha value is -1.62. The fourth-order valence-electron chi connectivity index (χ4n) is 1.38. The quantitative estimate of drug-likeness (QED) is 0.761. The molecule has 2 aromatic rings. The second-order valence-electron chi connectivity index (χ2n) is 3.29. The van der Waals surface area contributed by atoms with Crippen molar-refractivity contribution in [3.05, 3.63) is 23.9 Å². The van der Waals surface area contributed by atoms with Crippen molar-refractivity contribution in [3.8, 4) is 0 Å². The van der Waals surface area contributed by atoms with Crippen molar-refractivity contribution in [2.45, 2.75) is 6.92 Å². The zero-order valence-electron chi connectivity index (χ0n) is 8.90. The summed E-state index contributed by atoms with van der Waals surface area (Å²) in [5, 5.41) is 7.42. The van der Waals surface area contributed by atoms with E-state index in [9.17, 15) is 0 Å². The third-order valence-electron chi connectivity index (χ3n) is 2.14. The Balaban J connectivity index is 2.20. The van der Waals surface area contributed by atoms with E-state index < -0.39 is 0 Å². The number of ether oxygens (including phenoxy) is 1. The highest BCUT2D eigenvalue weighted by molar-refractivity contribution is 5.44. The molecule has 0 aliphatic heterocycles. The molecule has 0 amide bonds. The number of nitrogens with one attached hydrogen (secondary N) is 1. The lowest BCUT2D eigenvalue weighted by Crippen LogP contribution is -2.08. The van der Waals surface area contributed by atoms with Gasteiger partial charge in [0.2, 0.25) is 5.95 Å². The molecule has 0 aliphatic carbocycles. The molecule has 0 atom stereocenters. The number of aryl methyl sites for hydroxylation is 1. The predicted molar refractivity (Wildman–Crippen MR) is 58.1 cm³/mol. The first-order valence-electron chi connectivity index (χ1n) is 4.86. The number of nitrogens with zero attached hydrogens (tertiary/aromatic N) is 3. The average molecular weight is 206 g/mol. The van der Waals surface area contributed by atoms with E-state index in [-0.39, 0.29) is 0 Å². The van der Waals surface area contributed by atoms with Crippen molar-refractivity contribution in [2.24, 2.45) is 0 Å². The van der Waals surface area contributed by atoms with Gasteiger partial charge in [-0.15, -0.1) is 5.10 Å². The zero-order chi connectivity index (χ0) is 10.7. The summed E-state index contributed by atoms with van der Waals surface area (Å²) in [4.78, 5) is 4.33. The summed E-state index contributed by atoms with van der Waals surface area (Å²) < 4.78 is 6.75. The monoisotopic (exact) mass is 206 g/mol. The standard InChI is InChI=1S/C10H14N4O/c1-8-4-3-5-9-12-10(13-14(8)9)11-6-7-15-2/h3-5H,6-7H2,1-2H3,(H,11,13). The Morgan fingerprint density at radius 1 is 1.47 bits per heavy atom. The van der Waals surface area contributed by atoms with Crippen LogP contribution in [0.25, 0.3) is 5.65 Å². The summed E-state index contributed by atoms with van der Waals surface area (Å²) in [6.45, 7) is 3.36. The first-order valence-corrected chi connectivity index (χ1v) is 4.86. The predicted octanol–water partition coefficient (Wildman–Crippen LogP) is 1.10. The topological polar surface area (TPSA) is 51.5 Å². The molecular weight excluding hydrogens is 192 g/mol. The van der Waals surface area contributed by atoms with Crippen LogP contribution < -0.4 is 5.32 Å². The van der Waals surface area contributed by atoms with Gasteiger partial charge in [-0.1, -0.05) is 6.07 Å². The zero-order valence-corrected chi connectivity index (χ0v) is 8.90. The van der Waals surface area contributed by atoms with Crippen LogP contribution in [0, 0.1) is 6.92 Å². The normalized spacial score (nSPS) is 10.8. The highest BCUT2D eigenvalue weighted by Gasteiger charge is 2.03. The maximum atomic E-state index is 4.94. The second-order valence-corrected chi connectivity index (χ2v) is 3.29. The van der Waals surface area contributed by atoms with Crippen molar-refractivity contribution < 1.29 is 4.74 Å². The molecule has 2 rings (SSSR count). The minimum Gasteiger partial charge on any atom is -0.383 e. The van der Waals surface area contributed by atoms with Crippen LogP contribution in [-0.2, 0) is 4.74 Å². The van der Waals surface area contributed by atoms with Crippen molar-refractivity contribution in [3.63, 3.8) is 0 Å². The van der Waals surface area contributed by atoms with E-state index in [0.29, 0.717) is 19.1 Å². The van der Waals surface area contributed by atoms with Gasteiger partial charge in [0.1, 0.15) is 0 Å². The number of hydrogen-bond acceptors (Lipinski definition) is 4. The molecule has 2 aromatic heterocycles. The Labute approximate surface area is 88.1 Å². The third kappa shape index (κ3) is 2.07. The van der Waals surface area contributed by atoms with Crippen LogP contribution in [0.5, 0.6) is 0 Å². The summed E-state index contributed by atoms with van der Waals surface area (Å²) in [7, 11) is 1.67. The van der Waals surface area contributed by atoms with Crippen molar-refractivity contribution in [1.82, 2.24) is 14.6 Å². The van der Waals surface area contributed by atoms with Crippen molar-refractivity contribution in [1.29, 1.82) is 0 Å². The van der Waals surface area contributed by atoms with Gasteiger partial charge in [0.15, 0.2) is 5.65 Å². The molecule has 0 bridgehead atoms. The molecule has 0 aliphatic rings. The number of fused-ring (bicyclic) bond motifs is 1. The van der Waals surface area contributed by atoms with Crippen LogP contribution in [0.1, 0.15) is 5.69 Å². The minimum atomic E-state index is 0.640. The Kier molecular flexibility index (Phi) is 2.82. The molecule has 15 heavy (non-hydrogen) atoms. The summed E-state index contributed by atoms with van der Waals surface area (Å²) in [6, 6.07) is 5.90. The average Bonchev–Trinajstić information content (AvgIpc) is 2.63. The molecule has 5 heteroatoms. The molecule has 80 valence electrons. The van der Waals surface area contributed by atoms with Crippen LogP contribution >= 0.6 is 0 Å². The van der Waals surface area contributed by atoms with E-state index in [1.807, 2.05) is 29.6 Å². The second kappa shape index (κ2) is 4.27. The van der Waals surface area contributed by atoms with E-state index in [1.165, 1.54) is 0 Å². The van der Waals surface area contributed by atoms with Gasteiger partial charge >= 0.3 is 0 Å². The lowest BCUT2D eigenvalue weighted by Gasteiger charge is -1.98. The first-order chi connectivity index (χ1) is 7.31. The van der Waals surface area contributed by atoms with Crippen molar-refractivity contribution >= 4 is 11.6 Å². The summed E-state index contributed by atoms with van der Waals surface area (Å²) in [5.41, 5.74) is 1.93. The molecule has 0 radical (unpaired) electrons. The highest BCUT2D eigenvalue weighted by Crippen LogP contribution is 2.07. The molecule has 0 spiro atoms. The van der Waals surface area contributed by atoms with Gasteiger partial charge in [0.25, 0.3) is 0 Å². The van der Waals surface area contributed by atoms with Crippen molar-refractivity contribution in [2.75, 3.05) is 25.6 Å². The number of rotatable bonds is 4. The molecule has 5 nitrogen and oxygen atoms in total. The third-order valence-corrected chi connectivity index (χ3v) is 2.14. The van der Waals surface area contributed by atoms with Crippen LogP contribution in [-0.4, -0.2) is 34.9 Å². The largest absolute Gasteiger partial charge is 0.383 e. The molecular formula is C10H14N4O. The lowest BCUT2D eigenvalue weighted by atomic mass is 10.4. The fourth-order valence-corrected chi connectivity index (χ4v) is 1.38. The van der Waals surface area contributed by atoms with Gasteiger partial charge in [-0.2, -0.15) is 4.98 Å². The maximum Gasteiger partial charge on any atom is 0.243 e. The van der Waals surface area contributed by atoms with Gasteiger partial charge in [0, 0.05) is 19.3 Å². The Morgan fingerprint density at radius 2 is 2.33 bits per heavy atom. The van der Waals surface area contributed by atoms with Crippen LogP contribution in [0.4, 0.5) is 5.95 Å². The number of anilines is 1. The number of hydrogen-bond donors (Lipinski definition) is 1. The van der Waals surface area contributed by atoms with E-state index >= 15 is 0 Å². The van der Waals surface area contributed by atoms with Crippen LogP contribution in [0.2, 0.25) is 0 Å². The minimum absolute atomic E-state index is 0.640. The Bertz CT molecular complexity index is 452. The summed E-state index contributed by atoms with van der Waals surface area (Å²) in [5.74, 6) is 0.640. The van der Waals surface area contributed by atoms with Gasteiger partial charge < -0.3 is 10.1 Å². The molecule has 0 aromatic carbocycles. The molecule has 1 N–H and O–H groups in total. The maximum absolute atomic E-state index is 4.94. The van der Waals surface area contributed by atoms with Gasteiger partial charge in [-0.3, -0.25) is 0 Å². The lowest BCUT2D eigenvalue weighted by molar-refractivity contribution is 0.210. The van der Waals surface area contributed by atoms with Gasteiger partial charge in [0.05, 0.1) is 6.61 Å². The smallest absolute Gasteiger partial charge is 0.243 e. The number of pyridine rings is 1. The van der Waals surface area contributed by atoms with E-state index in [2.05, 4.69) is 15.4 Å². The van der Waals surface area contributed by atoms with E-state index in [4.69, 9.17) is 4.74 Å². The number of aromatic nitrogens is 3. The Morgan fingerprint density at radius 3 is 3.07 bits per heavy atom. The molecule has 0 saturated heterocycles. The van der Waals surface area contributed by atoms with E-state index in [0.717, 1.165) is 11.3 Å². The fraction of sp³-hybridized carbons (Fsp3) is 0.400. The number of methoxy groups -OCH3 is 1. The summed E-state index contributed by atoms with van der Waals surface area (Å²) >= 11 is 0. The van der Waals surface area contributed by atoms with Gasteiger partial charge in [-0.05, 0) is 19.1 Å².